The molecule has 9 nitrogen and oxygen atoms in total. The number of carbonyl (C=O) groups excluding carboxylic acids is 2. The van der Waals surface area contributed by atoms with E-state index in [-0.39, 0.29) is 32.0 Å². The number of phosphoric ester groups is 1. The van der Waals surface area contributed by atoms with Gasteiger partial charge in [-0.3, -0.25) is 18.6 Å². The van der Waals surface area contributed by atoms with Crippen LogP contribution < -0.4 is 0 Å². The molecule has 0 aromatic rings. The van der Waals surface area contributed by atoms with Gasteiger partial charge in [0.2, 0.25) is 0 Å². The average Bonchev–Trinajstić information content (AvgIpc) is 3.34. The first kappa shape index (κ1) is 70.2. The fraction of sp³-hybridized carbons (Fsp3) is 0.871. The second kappa shape index (κ2) is 54.0. The van der Waals surface area contributed by atoms with Crippen molar-refractivity contribution in [3.05, 3.63) is 36.5 Å². The van der Waals surface area contributed by atoms with E-state index in [2.05, 4.69) is 50.3 Å². The molecule has 0 aromatic heterocycles. The third-order valence-corrected chi connectivity index (χ3v) is 14.6. The zero-order chi connectivity index (χ0) is 52.7. The molecule has 0 bridgehead atoms. The van der Waals surface area contributed by atoms with Gasteiger partial charge in [-0.05, 0) is 64.2 Å². The number of esters is 2. The Hall–Kier alpha value is -1.77. The van der Waals surface area contributed by atoms with E-state index in [4.69, 9.17) is 18.5 Å². The summed E-state index contributed by atoms with van der Waals surface area (Å²) in [5, 5.41) is 0. The highest BCUT2D eigenvalue weighted by Gasteiger charge is 2.27. The van der Waals surface area contributed by atoms with Gasteiger partial charge >= 0.3 is 19.8 Å². The minimum atomic E-state index is -4.38. The summed E-state index contributed by atoms with van der Waals surface area (Å²) in [5.41, 5.74) is 0. The van der Waals surface area contributed by atoms with Crippen molar-refractivity contribution < 1.29 is 42.1 Å². The largest absolute Gasteiger partial charge is 0.472 e. The van der Waals surface area contributed by atoms with Crippen molar-refractivity contribution in [3.63, 3.8) is 0 Å². The molecule has 0 spiro atoms. The Labute approximate surface area is 446 Å². The molecule has 0 fully saturated rings. The van der Waals surface area contributed by atoms with E-state index in [0.717, 1.165) is 64.2 Å². The maximum Gasteiger partial charge on any atom is 0.472 e. The first-order chi connectivity index (χ1) is 35.0. The summed E-state index contributed by atoms with van der Waals surface area (Å²) >= 11 is 0. The van der Waals surface area contributed by atoms with E-state index in [9.17, 15) is 19.0 Å². The number of quaternary nitrogens is 1. The first-order valence-corrected chi connectivity index (χ1v) is 32.2. The molecule has 0 aromatic carbocycles. The third kappa shape index (κ3) is 57.5. The Morgan fingerprint density at radius 3 is 1.17 bits per heavy atom. The summed E-state index contributed by atoms with van der Waals surface area (Å²) in [5.74, 6) is -0.803. The van der Waals surface area contributed by atoms with Crippen molar-refractivity contribution in [2.75, 3.05) is 47.5 Å². The molecule has 0 rings (SSSR count). The fourth-order valence-electron chi connectivity index (χ4n) is 8.87. The number of nitrogens with zero attached hydrogens (tertiary/aromatic N) is 1. The second-order valence-corrected chi connectivity index (χ2v) is 23.5. The zero-order valence-electron chi connectivity index (χ0n) is 48.2. The van der Waals surface area contributed by atoms with Crippen LogP contribution in [0.15, 0.2) is 36.5 Å². The van der Waals surface area contributed by atoms with Gasteiger partial charge in [-0.1, -0.05) is 256 Å². The highest BCUT2D eigenvalue weighted by atomic mass is 31.2. The van der Waals surface area contributed by atoms with Crippen LogP contribution in [0.25, 0.3) is 0 Å². The van der Waals surface area contributed by atoms with Crippen LogP contribution in [0.1, 0.15) is 296 Å². The number of allylic oxidation sites excluding steroid dienone is 6. The quantitative estimate of drug-likeness (QED) is 0.0211. The molecule has 0 heterocycles. The fourth-order valence-corrected chi connectivity index (χ4v) is 9.62. The lowest BCUT2D eigenvalue weighted by molar-refractivity contribution is -0.870. The molecule has 0 saturated carbocycles. The van der Waals surface area contributed by atoms with Crippen molar-refractivity contribution in [2.24, 2.45) is 0 Å². The lowest BCUT2D eigenvalue weighted by Crippen LogP contribution is -2.37. The van der Waals surface area contributed by atoms with Crippen LogP contribution in [-0.4, -0.2) is 74.9 Å². The van der Waals surface area contributed by atoms with Gasteiger partial charge in [0, 0.05) is 12.8 Å². The number of rotatable bonds is 57. The minimum Gasteiger partial charge on any atom is -0.462 e. The Balaban J connectivity index is 3.90. The molecule has 72 heavy (non-hydrogen) atoms. The molecule has 0 aliphatic carbocycles. The number of unbranched alkanes of at least 4 members (excludes halogenated alkanes) is 37. The summed E-state index contributed by atoms with van der Waals surface area (Å²) in [6, 6.07) is 0. The lowest BCUT2D eigenvalue weighted by Gasteiger charge is -2.24. The lowest BCUT2D eigenvalue weighted by atomic mass is 10.0. The van der Waals surface area contributed by atoms with Crippen LogP contribution in [0.5, 0.6) is 0 Å². The van der Waals surface area contributed by atoms with E-state index in [1.165, 1.54) is 199 Å². The van der Waals surface area contributed by atoms with Crippen LogP contribution in [0, 0.1) is 0 Å². The van der Waals surface area contributed by atoms with Crippen molar-refractivity contribution in [1.82, 2.24) is 0 Å². The Bertz CT molecular complexity index is 1310. The second-order valence-electron chi connectivity index (χ2n) is 22.1. The topological polar surface area (TPSA) is 108 Å². The van der Waals surface area contributed by atoms with Crippen LogP contribution >= 0.6 is 7.82 Å². The predicted molar refractivity (Wildman–Crippen MR) is 307 cm³/mol. The summed E-state index contributed by atoms with van der Waals surface area (Å²) in [4.78, 5) is 35.6. The van der Waals surface area contributed by atoms with Gasteiger partial charge in [-0.2, -0.15) is 0 Å². The van der Waals surface area contributed by atoms with E-state index in [1.54, 1.807) is 0 Å². The summed E-state index contributed by atoms with van der Waals surface area (Å²) in [7, 11) is 1.48. The molecule has 0 aliphatic rings. The summed E-state index contributed by atoms with van der Waals surface area (Å²) in [6.07, 6.45) is 66.8. The zero-order valence-corrected chi connectivity index (χ0v) is 49.1. The summed E-state index contributed by atoms with van der Waals surface area (Å²) in [6.45, 7) is 4.38. The third-order valence-electron chi connectivity index (χ3n) is 13.6. The van der Waals surface area contributed by atoms with Gasteiger partial charge in [0.1, 0.15) is 19.8 Å². The SMILES string of the molecule is CCC/C=C\C/C=C\CCCCCCCC(=O)OC(COC(=O)CCCCCCCCCCCCCCCCCCCCCCCCC/C=C\CCCCCCCCCC)COP(=O)(O)OCC[N+](C)(C)C. The number of likely N-dealkylation sites (N-methyl/N-ethyl adjacent to an activating group) is 1. The molecule has 10 heteroatoms. The normalized spacial score (nSPS) is 13.5. The monoisotopic (exact) mass is 1040 g/mol. The molecule has 0 radical (unpaired) electrons. The summed E-state index contributed by atoms with van der Waals surface area (Å²) < 4.78 is 34.5. The Morgan fingerprint density at radius 1 is 0.431 bits per heavy atom. The molecule has 0 aliphatic heterocycles. The minimum absolute atomic E-state index is 0.0301. The number of phosphoric acid groups is 1. The average molecular weight is 1040 g/mol. The van der Waals surface area contributed by atoms with E-state index in [0.29, 0.717) is 17.4 Å². The molecular formula is C62H119NO8P+. The number of hydrogen-bond donors (Lipinski definition) is 1. The van der Waals surface area contributed by atoms with Crippen molar-refractivity contribution in [1.29, 1.82) is 0 Å². The van der Waals surface area contributed by atoms with E-state index in [1.807, 2.05) is 21.1 Å². The standard InChI is InChI=1S/C62H118NO8P/c1-6-8-10-12-14-16-18-20-21-22-23-24-25-26-27-28-29-30-31-32-33-34-35-36-37-38-39-40-41-43-44-46-48-50-52-54-61(64)68-58-60(59-70-72(66,67)69-57-56-63(3,4)5)71-62(65)55-53-51-49-47-45-42-19-17-15-13-11-9-7-2/h11,13,17,19,22-23,60H,6-10,12,14-16,18,20-21,24-59H2,1-5H3/p+1/b13-11-,19-17-,23-22-. The van der Waals surface area contributed by atoms with Gasteiger partial charge < -0.3 is 18.9 Å². The van der Waals surface area contributed by atoms with E-state index >= 15 is 0 Å². The van der Waals surface area contributed by atoms with Crippen LogP contribution in [0.2, 0.25) is 0 Å². The van der Waals surface area contributed by atoms with Gasteiger partial charge in [-0.25, -0.2) is 4.57 Å². The molecule has 0 saturated heterocycles. The molecule has 2 unspecified atom stereocenters. The van der Waals surface area contributed by atoms with Gasteiger partial charge in [0.25, 0.3) is 0 Å². The van der Waals surface area contributed by atoms with Crippen LogP contribution in [0.4, 0.5) is 0 Å². The highest BCUT2D eigenvalue weighted by Crippen LogP contribution is 2.43. The smallest absolute Gasteiger partial charge is 0.462 e. The molecular weight excluding hydrogens is 918 g/mol. The van der Waals surface area contributed by atoms with Crippen molar-refractivity contribution in [3.8, 4) is 0 Å². The van der Waals surface area contributed by atoms with Crippen LogP contribution in [-0.2, 0) is 32.7 Å². The Kier molecular flexibility index (Phi) is 52.7. The number of ether oxygens (including phenoxy) is 2. The molecule has 2 atom stereocenters. The number of hydrogen-bond acceptors (Lipinski definition) is 7. The Morgan fingerprint density at radius 2 is 0.778 bits per heavy atom. The van der Waals surface area contributed by atoms with Crippen LogP contribution in [0.3, 0.4) is 0 Å². The molecule has 0 amide bonds. The molecule has 424 valence electrons. The van der Waals surface area contributed by atoms with Crippen molar-refractivity contribution in [2.45, 2.75) is 302 Å². The maximum absolute atomic E-state index is 12.7. The highest BCUT2D eigenvalue weighted by molar-refractivity contribution is 7.47. The van der Waals surface area contributed by atoms with Gasteiger partial charge in [0.05, 0.1) is 27.7 Å². The first-order valence-electron chi connectivity index (χ1n) is 30.7. The van der Waals surface area contributed by atoms with Crippen molar-refractivity contribution >= 4 is 19.8 Å². The van der Waals surface area contributed by atoms with E-state index < -0.39 is 26.5 Å². The molecule has 1 N–H and O–H groups in total. The predicted octanol–water partition coefficient (Wildman–Crippen LogP) is 19.2. The van der Waals surface area contributed by atoms with Gasteiger partial charge in [0.15, 0.2) is 6.10 Å². The maximum atomic E-state index is 12.7. The number of carbonyl (C=O) groups is 2. The van der Waals surface area contributed by atoms with Gasteiger partial charge in [-0.15, -0.1) is 0 Å².